The summed E-state index contributed by atoms with van der Waals surface area (Å²) in [6, 6.07) is 16.8. The van der Waals surface area contributed by atoms with Gasteiger partial charge in [-0.25, -0.2) is 4.39 Å². The number of pyridine rings is 1. The summed E-state index contributed by atoms with van der Waals surface area (Å²) in [6.07, 6.45) is 6.57. The molecular weight excluding hydrogens is 331 g/mol. The fourth-order valence-electron chi connectivity index (χ4n) is 2.21. The van der Waals surface area contributed by atoms with E-state index in [0.29, 0.717) is 18.0 Å². The van der Waals surface area contributed by atoms with Gasteiger partial charge < -0.3 is 10.1 Å². The Bertz CT molecular complexity index is 876. The largest absolute Gasteiger partial charge is 0.457 e. The van der Waals surface area contributed by atoms with Crippen molar-refractivity contribution in [3.8, 4) is 11.5 Å². The molecule has 0 fully saturated rings. The third-order valence-corrected chi connectivity index (χ3v) is 3.57. The van der Waals surface area contributed by atoms with Crippen LogP contribution < -0.4 is 10.1 Å². The highest BCUT2D eigenvalue weighted by atomic mass is 19.1. The number of carbonyl (C=O) groups excluding carboxylic acids is 1. The lowest BCUT2D eigenvalue weighted by atomic mass is 10.2. The average molecular weight is 348 g/mol. The van der Waals surface area contributed by atoms with Gasteiger partial charge in [-0.1, -0.05) is 12.1 Å². The molecule has 1 amide bonds. The first-order valence-electron chi connectivity index (χ1n) is 8.07. The van der Waals surface area contributed by atoms with E-state index < -0.39 is 0 Å². The minimum atomic E-state index is -0.304. The lowest BCUT2D eigenvalue weighted by Crippen LogP contribution is -2.20. The zero-order valence-electron chi connectivity index (χ0n) is 13.9. The third kappa shape index (κ3) is 5.27. The second-order valence-corrected chi connectivity index (χ2v) is 5.53. The van der Waals surface area contributed by atoms with Gasteiger partial charge in [0.15, 0.2) is 0 Å². The fourth-order valence-corrected chi connectivity index (χ4v) is 2.21. The topological polar surface area (TPSA) is 51.2 Å². The van der Waals surface area contributed by atoms with Crippen LogP contribution in [0.3, 0.4) is 0 Å². The van der Waals surface area contributed by atoms with Gasteiger partial charge in [-0.15, -0.1) is 0 Å². The van der Waals surface area contributed by atoms with Gasteiger partial charge in [0.25, 0.3) is 0 Å². The molecule has 1 heterocycles. The maximum atomic E-state index is 12.9. The molecule has 4 nitrogen and oxygen atoms in total. The van der Waals surface area contributed by atoms with Crippen LogP contribution in [0.25, 0.3) is 6.08 Å². The van der Waals surface area contributed by atoms with Gasteiger partial charge in [0.05, 0.1) is 0 Å². The van der Waals surface area contributed by atoms with Gasteiger partial charge in [0.2, 0.25) is 5.91 Å². The summed E-state index contributed by atoms with van der Waals surface area (Å²) in [5.74, 6) is 0.729. The molecule has 3 rings (SSSR count). The molecule has 26 heavy (non-hydrogen) atoms. The van der Waals surface area contributed by atoms with Crippen LogP contribution in [0, 0.1) is 5.82 Å². The summed E-state index contributed by atoms with van der Waals surface area (Å²) in [7, 11) is 0. The van der Waals surface area contributed by atoms with E-state index in [4.69, 9.17) is 4.74 Å². The predicted molar refractivity (Wildman–Crippen MR) is 98.0 cm³/mol. The van der Waals surface area contributed by atoms with E-state index in [0.717, 1.165) is 11.1 Å². The van der Waals surface area contributed by atoms with E-state index in [1.165, 1.54) is 18.2 Å². The van der Waals surface area contributed by atoms with Crippen molar-refractivity contribution in [1.82, 2.24) is 10.3 Å². The standard InChI is InChI=1S/C21H17FN2O2/c22-18-4-8-20(9-5-18)26-19-6-1-17(2-7-19)15-24-21(25)10-3-16-11-13-23-14-12-16/h1-14H,15H2,(H,24,25)/b10-3+. The summed E-state index contributed by atoms with van der Waals surface area (Å²) in [4.78, 5) is 15.8. The number of ether oxygens (including phenoxy) is 1. The average Bonchev–Trinajstić information content (AvgIpc) is 2.68. The van der Waals surface area contributed by atoms with Crippen LogP contribution in [0.2, 0.25) is 0 Å². The number of rotatable bonds is 6. The smallest absolute Gasteiger partial charge is 0.244 e. The zero-order valence-corrected chi connectivity index (χ0v) is 13.9. The minimum absolute atomic E-state index is 0.173. The molecule has 3 aromatic rings. The Kier molecular flexibility index (Phi) is 5.72. The third-order valence-electron chi connectivity index (χ3n) is 3.57. The van der Waals surface area contributed by atoms with Crippen molar-refractivity contribution in [3.05, 3.63) is 96.1 Å². The molecule has 0 saturated carbocycles. The van der Waals surface area contributed by atoms with Crippen LogP contribution in [0.1, 0.15) is 11.1 Å². The molecule has 130 valence electrons. The van der Waals surface area contributed by atoms with Crippen LogP contribution in [0.4, 0.5) is 4.39 Å². The molecule has 0 saturated heterocycles. The Morgan fingerprint density at radius 3 is 2.23 bits per heavy atom. The summed E-state index contributed by atoms with van der Waals surface area (Å²) in [5.41, 5.74) is 1.86. The molecule has 0 aliphatic carbocycles. The number of nitrogens with one attached hydrogen (secondary N) is 1. The lowest BCUT2D eigenvalue weighted by Gasteiger charge is -2.07. The molecule has 1 aromatic heterocycles. The molecule has 1 N–H and O–H groups in total. The van der Waals surface area contributed by atoms with E-state index in [1.807, 2.05) is 24.3 Å². The van der Waals surface area contributed by atoms with Crippen molar-refractivity contribution in [2.75, 3.05) is 0 Å². The number of hydrogen-bond donors (Lipinski definition) is 1. The first kappa shape index (κ1) is 17.4. The molecule has 0 aliphatic heterocycles. The van der Waals surface area contributed by atoms with Crippen LogP contribution in [-0.4, -0.2) is 10.9 Å². The van der Waals surface area contributed by atoms with Crippen molar-refractivity contribution in [2.45, 2.75) is 6.54 Å². The number of carbonyl (C=O) groups is 1. The number of aromatic nitrogens is 1. The lowest BCUT2D eigenvalue weighted by molar-refractivity contribution is -0.116. The molecule has 0 bridgehead atoms. The minimum Gasteiger partial charge on any atom is -0.457 e. The van der Waals surface area contributed by atoms with E-state index in [-0.39, 0.29) is 11.7 Å². The second-order valence-electron chi connectivity index (χ2n) is 5.53. The molecule has 0 radical (unpaired) electrons. The Hall–Kier alpha value is -3.47. The molecule has 0 aliphatic rings. The van der Waals surface area contributed by atoms with Crippen molar-refractivity contribution in [2.24, 2.45) is 0 Å². The number of halogens is 1. The molecule has 0 unspecified atom stereocenters. The van der Waals surface area contributed by atoms with Crippen molar-refractivity contribution in [3.63, 3.8) is 0 Å². The molecule has 2 aromatic carbocycles. The summed E-state index contributed by atoms with van der Waals surface area (Å²) < 4.78 is 18.5. The van der Waals surface area contributed by atoms with Crippen LogP contribution in [0.5, 0.6) is 11.5 Å². The normalized spacial score (nSPS) is 10.7. The number of hydrogen-bond acceptors (Lipinski definition) is 3. The molecular formula is C21H17FN2O2. The van der Waals surface area contributed by atoms with Gasteiger partial charge in [0, 0.05) is 25.0 Å². The Morgan fingerprint density at radius 1 is 0.962 bits per heavy atom. The highest BCUT2D eigenvalue weighted by Gasteiger charge is 2.00. The fraction of sp³-hybridized carbons (Fsp3) is 0.0476. The van der Waals surface area contributed by atoms with E-state index in [9.17, 15) is 9.18 Å². The number of amides is 1. The van der Waals surface area contributed by atoms with Crippen molar-refractivity contribution >= 4 is 12.0 Å². The summed E-state index contributed by atoms with van der Waals surface area (Å²) in [6.45, 7) is 0.413. The van der Waals surface area contributed by atoms with Gasteiger partial charge >= 0.3 is 0 Å². The summed E-state index contributed by atoms with van der Waals surface area (Å²) in [5, 5.41) is 2.82. The SMILES string of the molecule is O=C(/C=C/c1ccncc1)NCc1ccc(Oc2ccc(F)cc2)cc1. The Balaban J connectivity index is 1.50. The number of nitrogens with zero attached hydrogens (tertiary/aromatic N) is 1. The second kappa shape index (κ2) is 8.58. The first-order valence-corrected chi connectivity index (χ1v) is 8.07. The van der Waals surface area contributed by atoms with Crippen LogP contribution in [-0.2, 0) is 11.3 Å². The monoisotopic (exact) mass is 348 g/mol. The quantitative estimate of drug-likeness (QED) is 0.674. The van der Waals surface area contributed by atoms with E-state index >= 15 is 0 Å². The predicted octanol–water partition coefficient (Wildman–Crippen LogP) is 4.34. The molecule has 5 heteroatoms. The van der Waals surface area contributed by atoms with E-state index in [2.05, 4.69) is 10.3 Å². The van der Waals surface area contributed by atoms with Crippen molar-refractivity contribution in [1.29, 1.82) is 0 Å². The zero-order chi connectivity index (χ0) is 18.2. The summed E-state index contributed by atoms with van der Waals surface area (Å²) >= 11 is 0. The molecule has 0 spiro atoms. The van der Waals surface area contributed by atoms with Crippen LogP contribution >= 0.6 is 0 Å². The Morgan fingerprint density at radius 2 is 1.58 bits per heavy atom. The number of benzene rings is 2. The van der Waals surface area contributed by atoms with E-state index in [1.54, 1.807) is 42.7 Å². The maximum Gasteiger partial charge on any atom is 0.244 e. The van der Waals surface area contributed by atoms with Crippen LogP contribution in [0.15, 0.2) is 79.1 Å². The first-order chi connectivity index (χ1) is 12.7. The maximum absolute atomic E-state index is 12.9. The van der Waals surface area contributed by atoms with Gasteiger partial charge in [0.1, 0.15) is 17.3 Å². The highest BCUT2D eigenvalue weighted by molar-refractivity contribution is 5.91. The van der Waals surface area contributed by atoms with Crippen molar-refractivity contribution < 1.29 is 13.9 Å². The van der Waals surface area contributed by atoms with Gasteiger partial charge in [-0.3, -0.25) is 9.78 Å². The molecule has 0 atom stereocenters. The highest BCUT2D eigenvalue weighted by Crippen LogP contribution is 2.21. The Labute approximate surface area is 151 Å². The van der Waals surface area contributed by atoms with Gasteiger partial charge in [-0.05, 0) is 65.7 Å². The van der Waals surface area contributed by atoms with Gasteiger partial charge in [-0.2, -0.15) is 0 Å².